The van der Waals surface area contributed by atoms with Gasteiger partial charge in [0.2, 0.25) is 0 Å². The third-order valence-electron chi connectivity index (χ3n) is 3.93. The lowest BCUT2D eigenvalue weighted by molar-refractivity contribution is 0.272. The molecule has 0 unspecified atom stereocenters. The minimum Gasteiger partial charge on any atom is -0.464 e. The Morgan fingerprint density at radius 3 is 2.90 bits per heavy atom. The van der Waals surface area contributed by atoms with Crippen LogP contribution in [0.1, 0.15) is 36.2 Å². The highest BCUT2D eigenvalue weighted by molar-refractivity contribution is 8.14. The normalized spacial score (nSPS) is 27.8. The lowest BCUT2D eigenvalue weighted by Crippen LogP contribution is -2.28. The Morgan fingerprint density at radius 1 is 1.29 bits per heavy atom. The van der Waals surface area contributed by atoms with E-state index in [2.05, 4.69) is 22.9 Å². The molecule has 21 heavy (non-hydrogen) atoms. The van der Waals surface area contributed by atoms with E-state index < -0.39 is 0 Å². The average molecular weight is 299 g/mol. The second-order valence-electron chi connectivity index (χ2n) is 5.59. The van der Waals surface area contributed by atoms with Gasteiger partial charge < -0.3 is 9.32 Å². The fraction of sp³-hybridized carbons (Fsp3) is 0.375. The number of nitrogens with zero attached hydrogens (tertiary/aromatic N) is 3. The number of aliphatic imine (C=N–C) groups is 1. The van der Waals surface area contributed by atoms with Crippen molar-refractivity contribution in [3.05, 3.63) is 53.7 Å². The van der Waals surface area contributed by atoms with Crippen LogP contribution in [0.4, 0.5) is 0 Å². The Morgan fingerprint density at radius 2 is 2.19 bits per heavy atom. The molecule has 1 saturated heterocycles. The molecule has 0 bridgehead atoms. The molecule has 0 spiro atoms. The summed E-state index contributed by atoms with van der Waals surface area (Å²) in [7, 11) is 0. The summed E-state index contributed by atoms with van der Waals surface area (Å²) in [6.45, 7) is 5.24. The van der Waals surface area contributed by atoms with Crippen molar-refractivity contribution in [1.82, 2.24) is 9.88 Å². The van der Waals surface area contributed by atoms with Gasteiger partial charge in [0.25, 0.3) is 0 Å². The molecule has 0 aliphatic carbocycles. The standard InChI is InChI=1S/C16H17N3OS/c1-10-6-7-13(20-10)15-14(12-5-3-4-8-17-12)18-16-19(15)9-11(2)21-16/h3-8,11,14-15H,9H2,1-2H3/t11-,14+,15-/m1/s1. The second kappa shape index (κ2) is 4.91. The molecular weight excluding hydrogens is 282 g/mol. The van der Waals surface area contributed by atoms with Crippen LogP contribution in [-0.4, -0.2) is 26.8 Å². The maximum atomic E-state index is 5.91. The number of aryl methyl sites for hydroxylation is 1. The smallest absolute Gasteiger partial charge is 0.161 e. The van der Waals surface area contributed by atoms with Crippen LogP contribution in [0.5, 0.6) is 0 Å². The topological polar surface area (TPSA) is 41.6 Å². The molecule has 3 atom stereocenters. The molecule has 2 aliphatic rings. The number of pyridine rings is 1. The van der Waals surface area contributed by atoms with Gasteiger partial charge in [0.15, 0.2) is 5.17 Å². The zero-order chi connectivity index (χ0) is 14.4. The first-order valence-electron chi connectivity index (χ1n) is 7.21. The van der Waals surface area contributed by atoms with Crippen LogP contribution in [0.2, 0.25) is 0 Å². The first kappa shape index (κ1) is 13.0. The molecule has 0 aromatic carbocycles. The van der Waals surface area contributed by atoms with E-state index in [1.54, 1.807) is 0 Å². The Labute approximate surface area is 128 Å². The molecular formula is C16H17N3OS. The fourth-order valence-electron chi connectivity index (χ4n) is 3.04. The van der Waals surface area contributed by atoms with Crippen molar-refractivity contribution in [2.45, 2.75) is 31.2 Å². The van der Waals surface area contributed by atoms with Gasteiger partial charge in [-0.15, -0.1) is 0 Å². The van der Waals surface area contributed by atoms with E-state index in [4.69, 9.17) is 9.41 Å². The molecule has 108 valence electrons. The Kier molecular flexibility index (Phi) is 3.03. The lowest BCUT2D eigenvalue weighted by atomic mass is 10.0. The molecule has 0 amide bonds. The van der Waals surface area contributed by atoms with Crippen molar-refractivity contribution in [3.8, 4) is 0 Å². The monoisotopic (exact) mass is 299 g/mol. The summed E-state index contributed by atoms with van der Waals surface area (Å²) in [4.78, 5) is 11.8. The number of amidine groups is 1. The molecule has 2 aliphatic heterocycles. The van der Waals surface area contributed by atoms with Crippen LogP contribution in [-0.2, 0) is 0 Å². The molecule has 2 aromatic rings. The van der Waals surface area contributed by atoms with Gasteiger partial charge in [0, 0.05) is 18.0 Å². The molecule has 5 heteroatoms. The van der Waals surface area contributed by atoms with Crippen molar-refractivity contribution < 1.29 is 4.42 Å². The van der Waals surface area contributed by atoms with Crippen molar-refractivity contribution in [3.63, 3.8) is 0 Å². The van der Waals surface area contributed by atoms with E-state index in [1.807, 2.05) is 49.1 Å². The lowest BCUT2D eigenvalue weighted by Gasteiger charge is -2.25. The summed E-state index contributed by atoms with van der Waals surface area (Å²) in [5, 5.41) is 1.70. The number of furan rings is 1. The molecule has 1 fully saturated rings. The first-order valence-corrected chi connectivity index (χ1v) is 8.09. The zero-order valence-electron chi connectivity index (χ0n) is 12.1. The van der Waals surface area contributed by atoms with Crippen molar-refractivity contribution in [2.24, 2.45) is 4.99 Å². The van der Waals surface area contributed by atoms with Crippen molar-refractivity contribution in [1.29, 1.82) is 0 Å². The maximum Gasteiger partial charge on any atom is 0.161 e. The summed E-state index contributed by atoms with van der Waals surface area (Å²) < 4.78 is 5.91. The summed E-state index contributed by atoms with van der Waals surface area (Å²) in [5.41, 5.74) is 1.01. The van der Waals surface area contributed by atoms with Gasteiger partial charge in [-0.05, 0) is 31.2 Å². The Balaban J connectivity index is 1.77. The van der Waals surface area contributed by atoms with Crippen LogP contribution >= 0.6 is 11.8 Å². The average Bonchev–Trinajstić information content (AvgIpc) is 3.13. The first-order chi connectivity index (χ1) is 10.2. The number of thioether (sulfide) groups is 1. The van der Waals surface area contributed by atoms with Gasteiger partial charge in [0.1, 0.15) is 23.6 Å². The van der Waals surface area contributed by atoms with Gasteiger partial charge in [0.05, 0.1) is 5.69 Å². The van der Waals surface area contributed by atoms with E-state index in [0.29, 0.717) is 5.25 Å². The number of aromatic nitrogens is 1. The number of rotatable bonds is 2. The Bertz CT molecular complexity index is 682. The third-order valence-corrected chi connectivity index (χ3v) is 5.04. The predicted octanol–water partition coefficient (Wildman–Crippen LogP) is 3.57. The van der Waals surface area contributed by atoms with Gasteiger partial charge in [-0.3, -0.25) is 4.98 Å². The van der Waals surface area contributed by atoms with Crippen LogP contribution in [0, 0.1) is 6.92 Å². The summed E-state index contributed by atoms with van der Waals surface area (Å²) in [6.07, 6.45) is 1.83. The summed E-state index contributed by atoms with van der Waals surface area (Å²) in [5.74, 6) is 1.93. The predicted molar refractivity (Wildman–Crippen MR) is 84.4 cm³/mol. The van der Waals surface area contributed by atoms with Crippen LogP contribution in [0.25, 0.3) is 0 Å². The van der Waals surface area contributed by atoms with E-state index in [1.165, 1.54) is 0 Å². The van der Waals surface area contributed by atoms with Gasteiger partial charge in [-0.1, -0.05) is 24.8 Å². The summed E-state index contributed by atoms with van der Waals surface area (Å²) in [6, 6.07) is 10.3. The molecule has 4 rings (SSSR count). The van der Waals surface area contributed by atoms with Crippen molar-refractivity contribution >= 4 is 16.9 Å². The SMILES string of the molecule is Cc1ccc([C@@H]2[C@H](c3ccccn3)N=C3S[C@H](C)CN32)o1. The molecule has 4 heterocycles. The number of hydrogen-bond acceptors (Lipinski definition) is 5. The minimum atomic E-state index is 0.0201. The van der Waals surface area contributed by atoms with Gasteiger partial charge in [-0.2, -0.15) is 0 Å². The number of fused-ring (bicyclic) bond motifs is 1. The Hall–Kier alpha value is -1.75. The largest absolute Gasteiger partial charge is 0.464 e. The van der Waals surface area contributed by atoms with Gasteiger partial charge >= 0.3 is 0 Å². The fourth-order valence-corrected chi connectivity index (χ4v) is 4.13. The van der Waals surface area contributed by atoms with E-state index in [9.17, 15) is 0 Å². The van der Waals surface area contributed by atoms with E-state index >= 15 is 0 Å². The summed E-state index contributed by atoms with van der Waals surface area (Å²) >= 11 is 1.85. The molecule has 0 radical (unpaired) electrons. The van der Waals surface area contributed by atoms with Crippen LogP contribution in [0.15, 0.2) is 45.9 Å². The van der Waals surface area contributed by atoms with E-state index in [-0.39, 0.29) is 12.1 Å². The van der Waals surface area contributed by atoms with Gasteiger partial charge in [-0.25, -0.2) is 4.99 Å². The van der Waals surface area contributed by atoms with Crippen molar-refractivity contribution in [2.75, 3.05) is 6.54 Å². The molecule has 0 N–H and O–H groups in total. The maximum absolute atomic E-state index is 5.91. The quantitative estimate of drug-likeness (QED) is 0.850. The highest BCUT2D eigenvalue weighted by atomic mass is 32.2. The molecule has 0 saturated carbocycles. The molecule has 4 nitrogen and oxygen atoms in total. The zero-order valence-corrected chi connectivity index (χ0v) is 12.9. The molecule has 2 aromatic heterocycles. The second-order valence-corrected chi connectivity index (χ2v) is 6.99. The highest BCUT2D eigenvalue weighted by Crippen LogP contribution is 2.47. The van der Waals surface area contributed by atoms with E-state index in [0.717, 1.165) is 28.9 Å². The van der Waals surface area contributed by atoms with Crippen LogP contribution in [0.3, 0.4) is 0 Å². The van der Waals surface area contributed by atoms with Crippen LogP contribution < -0.4 is 0 Å². The third kappa shape index (κ3) is 2.16. The minimum absolute atomic E-state index is 0.0201. The number of hydrogen-bond donors (Lipinski definition) is 0. The highest BCUT2D eigenvalue weighted by Gasteiger charge is 2.44.